The highest BCUT2D eigenvalue weighted by Crippen LogP contribution is 2.29. The van der Waals surface area contributed by atoms with E-state index in [0.29, 0.717) is 23.7 Å². The number of nitrogens with two attached hydrogens (primary N) is 1. The van der Waals surface area contributed by atoms with Gasteiger partial charge in [-0.05, 0) is 63.9 Å². The van der Waals surface area contributed by atoms with Crippen LogP contribution in [0.3, 0.4) is 0 Å². The highest BCUT2D eigenvalue weighted by atomic mass is 16.1. The average molecular weight is 462 g/mol. The minimum absolute atomic E-state index is 0.215. The summed E-state index contributed by atoms with van der Waals surface area (Å²) in [7, 11) is 0. The van der Waals surface area contributed by atoms with E-state index in [4.69, 9.17) is 11.0 Å². The number of nitrogens with zero attached hydrogens (tertiary/aromatic N) is 6. The molecule has 8 nitrogen and oxygen atoms in total. The Balaban J connectivity index is 1.37. The number of hydrogen-bond acceptors (Lipinski definition) is 7. The van der Waals surface area contributed by atoms with Crippen LogP contribution in [0.1, 0.15) is 60.4 Å². The molecule has 34 heavy (non-hydrogen) atoms. The monoisotopic (exact) mass is 461 g/mol. The number of aryl methyl sites for hydroxylation is 1. The van der Waals surface area contributed by atoms with E-state index in [1.807, 2.05) is 19.1 Å². The molecule has 2 N–H and O–H groups in total. The summed E-state index contributed by atoms with van der Waals surface area (Å²) in [5.74, 6) is 0.310. The molecule has 0 radical (unpaired) electrons. The largest absolute Gasteiger partial charge is 0.364 e. The average Bonchev–Trinajstić information content (AvgIpc) is 2.85. The smallest absolute Gasteiger partial charge is 0.268 e. The van der Waals surface area contributed by atoms with Gasteiger partial charge in [0.05, 0.1) is 23.5 Å². The van der Waals surface area contributed by atoms with Crippen LogP contribution in [-0.2, 0) is 6.54 Å². The molecule has 0 bridgehead atoms. The van der Waals surface area contributed by atoms with Crippen molar-refractivity contribution >= 4 is 11.7 Å². The van der Waals surface area contributed by atoms with E-state index >= 15 is 0 Å². The molecular formula is C26H35N7O. The molecule has 1 amide bonds. The molecule has 2 saturated heterocycles. The predicted octanol–water partition coefficient (Wildman–Crippen LogP) is 2.71. The summed E-state index contributed by atoms with van der Waals surface area (Å²) in [5.41, 5.74) is 8.32. The zero-order valence-electron chi connectivity index (χ0n) is 20.4. The van der Waals surface area contributed by atoms with Crippen LogP contribution >= 0.6 is 0 Å². The van der Waals surface area contributed by atoms with Gasteiger partial charge in [0.15, 0.2) is 0 Å². The molecule has 2 aromatic rings. The van der Waals surface area contributed by atoms with Crippen molar-refractivity contribution in [3.05, 3.63) is 53.0 Å². The summed E-state index contributed by atoms with van der Waals surface area (Å²) in [6.45, 7) is 11.5. The van der Waals surface area contributed by atoms with Crippen LogP contribution < -0.4 is 10.6 Å². The predicted molar refractivity (Wildman–Crippen MR) is 132 cm³/mol. The highest BCUT2D eigenvalue weighted by molar-refractivity contribution is 5.90. The summed E-state index contributed by atoms with van der Waals surface area (Å²) >= 11 is 0. The first-order valence-corrected chi connectivity index (χ1v) is 12.3. The number of nitriles is 1. The molecule has 2 atom stereocenters. The fourth-order valence-electron chi connectivity index (χ4n) is 5.40. The van der Waals surface area contributed by atoms with Gasteiger partial charge in [-0.1, -0.05) is 19.1 Å². The third-order valence-corrected chi connectivity index (χ3v) is 7.32. The van der Waals surface area contributed by atoms with Gasteiger partial charge in [0.25, 0.3) is 5.91 Å². The quantitative estimate of drug-likeness (QED) is 0.705. The number of likely N-dealkylation sites (tertiary alicyclic amines) is 1. The Morgan fingerprint density at radius 1 is 1.21 bits per heavy atom. The minimum Gasteiger partial charge on any atom is -0.364 e. The van der Waals surface area contributed by atoms with Gasteiger partial charge >= 0.3 is 0 Å². The normalized spacial score (nSPS) is 22.5. The van der Waals surface area contributed by atoms with Gasteiger partial charge in [-0.3, -0.25) is 14.6 Å². The van der Waals surface area contributed by atoms with Crippen LogP contribution in [-0.4, -0.2) is 70.0 Å². The molecule has 0 aliphatic carbocycles. The van der Waals surface area contributed by atoms with Gasteiger partial charge < -0.3 is 10.6 Å². The third-order valence-electron chi connectivity index (χ3n) is 7.32. The lowest BCUT2D eigenvalue weighted by Crippen LogP contribution is -2.61. The fraction of sp³-hybridized carbons (Fsp3) is 0.538. The van der Waals surface area contributed by atoms with Gasteiger partial charge in [0.1, 0.15) is 11.5 Å². The topological polar surface area (TPSA) is 102 Å². The Bertz CT molecular complexity index is 1040. The van der Waals surface area contributed by atoms with Crippen molar-refractivity contribution in [1.82, 2.24) is 19.8 Å². The third kappa shape index (κ3) is 5.21. The van der Waals surface area contributed by atoms with E-state index in [-0.39, 0.29) is 5.69 Å². The zero-order chi connectivity index (χ0) is 24.2. The van der Waals surface area contributed by atoms with E-state index in [2.05, 4.69) is 56.7 Å². The maximum Gasteiger partial charge on any atom is 0.268 e. The first-order valence-electron chi connectivity index (χ1n) is 12.3. The number of aromatic nitrogens is 2. The van der Waals surface area contributed by atoms with Crippen LogP contribution in [0.25, 0.3) is 0 Å². The molecule has 2 aliphatic heterocycles. The lowest BCUT2D eigenvalue weighted by Gasteiger charge is -2.50. The van der Waals surface area contributed by atoms with Crippen molar-refractivity contribution < 1.29 is 4.79 Å². The summed E-state index contributed by atoms with van der Waals surface area (Å²) in [5, 5.41) is 9.00. The van der Waals surface area contributed by atoms with Crippen LogP contribution in [0.4, 0.5) is 5.82 Å². The van der Waals surface area contributed by atoms with Crippen LogP contribution in [0.15, 0.2) is 30.5 Å². The van der Waals surface area contributed by atoms with Gasteiger partial charge in [-0.2, -0.15) is 5.26 Å². The molecule has 3 heterocycles. The minimum atomic E-state index is -0.544. The number of hydrogen-bond donors (Lipinski definition) is 1. The van der Waals surface area contributed by atoms with Crippen molar-refractivity contribution in [2.45, 2.75) is 64.7 Å². The van der Waals surface area contributed by atoms with E-state index in [1.54, 1.807) is 0 Å². The summed E-state index contributed by atoms with van der Waals surface area (Å²) < 4.78 is 0. The molecule has 2 fully saturated rings. The lowest BCUT2D eigenvalue weighted by molar-refractivity contribution is 0.0505. The van der Waals surface area contributed by atoms with Crippen LogP contribution in [0.2, 0.25) is 0 Å². The van der Waals surface area contributed by atoms with E-state index in [9.17, 15) is 4.79 Å². The first kappa shape index (κ1) is 24.1. The molecule has 0 saturated carbocycles. The summed E-state index contributed by atoms with van der Waals surface area (Å²) in [6, 6.07) is 11.5. The standard InChI is InChI=1S/C26H35N7O/c1-4-22-17-32(26-19(3)30-24(14-29-26)25(28)34)18(2)15-33(22)23-9-11-31(12-10-23)16-21-7-5-20(13-27)6-8-21/h5-8,14,18,22-23H,4,9-12,15-17H2,1-3H3,(H2,28,34)/t18-,22+/m1/s1. The first-order chi connectivity index (χ1) is 16.4. The Morgan fingerprint density at radius 2 is 1.91 bits per heavy atom. The second-order valence-corrected chi connectivity index (χ2v) is 9.60. The number of amides is 1. The molecule has 2 aliphatic rings. The fourth-order valence-corrected chi connectivity index (χ4v) is 5.40. The van der Waals surface area contributed by atoms with Gasteiger partial charge in [-0.15, -0.1) is 0 Å². The Hall–Kier alpha value is -3.02. The van der Waals surface area contributed by atoms with Crippen LogP contribution in [0, 0.1) is 18.3 Å². The van der Waals surface area contributed by atoms with E-state index in [0.717, 1.165) is 50.7 Å². The Morgan fingerprint density at radius 3 is 2.50 bits per heavy atom. The maximum atomic E-state index is 11.5. The Labute approximate surface area is 202 Å². The molecule has 4 rings (SSSR count). The van der Waals surface area contributed by atoms with Gasteiger partial charge in [-0.25, -0.2) is 9.97 Å². The molecule has 8 heteroatoms. The number of benzene rings is 1. The summed E-state index contributed by atoms with van der Waals surface area (Å²) in [4.78, 5) is 28.0. The number of carbonyl (C=O) groups is 1. The van der Waals surface area contributed by atoms with Crippen molar-refractivity contribution in [1.29, 1.82) is 5.26 Å². The molecular weight excluding hydrogens is 426 g/mol. The SMILES string of the molecule is CC[C@H]1CN(c2ncc(C(N)=O)nc2C)[C@H](C)CN1C1CCN(Cc2ccc(C#N)cc2)CC1. The zero-order valence-corrected chi connectivity index (χ0v) is 20.4. The molecule has 0 spiro atoms. The van der Waals surface area contributed by atoms with Gasteiger partial charge in [0, 0.05) is 37.8 Å². The molecule has 0 unspecified atom stereocenters. The maximum absolute atomic E-state index is 11.5. The highest BCUT2D eigenvalue weighted by Gasteiger charge is 2.37. The Kier molecular flexibility index (Phi) is 7.44. The van der Waals surface area contributed by atoms with Gasteiger partial charge in [0.2, 0.25) is 0 Å². The number of piperidine rings is 1. The molecule has 1 aromatic heterocycles. The van der Waals surface area contributed by atoms with E-state index in [1.165, 1.54) is 24.6 Å². The lowest BCUT2D eigenvalue weighted by atomic mass is 9.96. The second-order valence-electron chi connectivity index (χ2n) is 9.60. The van der Waals surface area contributed by atoms with E-state index < -0.39 is 5.91 Å². The second kappa shape index (κ2) is 10.5. The van der Waals surface area contributed by atoms with Crippen molar-refractivity contribution in [3.8, 4) is 6.07 Å². The number of rotatable bonds is 6. The van der Waals surface area contributed by atoms with Crippen molar-refractivity contribution in [3.63, 3.8) is 0 Å². The molecule has 1 aromatic carbocycles. The van der Waals surface area contributed by atoms with Crippen molar-refractivity contribution in [2.24, 2.45) is 5.73 Å². The van der Waals surface area contributed by atoms with Crippen molar-refractivity contribution in [2.75, 3.05) is 31.1 Å². The number of carbonyl (C=O) groups excluding carboxylic acids is 1. The summed E-state index contributed by atoms with van der Waals surface area (Å²) in [6.07, 6.45) is 4.92. The number of anilines is 1. The van der Waals surface area contributed by atoms with Crippen LogP contribution in [0.5, 0.6) is 0 Å². The number of piperazine rings is 1. The molecule has 180 valence electrons. The number of primary amides is 1.